The summed E-state index contributed by atoms with van der Waals surface area (Å²) in [5.41, 5.74) is -0.541. The van der Waals surface area contributed by atoms with Gasteiger partial charge in [-0.2, -0.15) is 5.10 Å². The molecule has 1 saturated carbocycles. The van der Waals surface area contributed by atoms with Gasteiger partial charge < -0.3 is 4.74 Å². The van der Waals surface area contributed by atoms with E-state index in [1.54, 1.807) is 10.9 Å². The highest BCUT2D eigenvalue weighted by Gasteiger charge is 2.47. The van der Waals surface area contributed by atoms with Crippen LogP contribution in [0.4, 0.5) is 0 Å². The van der Waals surface area contributed by atoms with Crippen molar-refractivity contribution in [1.29, 1.82) is 0 Å². The molecule has 0 atom stereocenters. The van der Waals surface area contributed by atoms with Crippen LogP contribution >= 0.6 is 15.9 Å². The topological polar surface area (TPSA) is 44.1 Å². The molecule has 0 amide bonds. The quantitative estimate of drug-likeness (QED) is 0.759. The minimum Gasteiger partial charge on any atom is -0.467 e. The van der Waals surface area contributed by atoms with E-state index >= 15 is 0 Å². The molecule has 0 aromatic carbocycles. The van der Waals surface area contributed by atoms with Crippen molar-refractivity contribution < 1.29 is 9.53 Å². The second-order valence-electron chi connectivity index (χ2n) is 3.48. The van der Waals surface area contributed by atoms with Crippen molar-refractivity contribution in [3.05, 3.63) is 16.9 Å². The smallest absolute Gasteiger partial charge is 0.333 e. The zero-order chi connectivity index (χ0) is 10.2. The normalized spacial score (nSPS) is 18.7. The van der Waals surface area contributed by atoms with Gasteiger partial charge >= 0.3 is 5.97 Å². The summed E-state index contributed by atoms with van der Waals surface area (Å²) >= 11 is 3.31. The molecule has 1 aliphatic rings. The lowest BCUT2D eigenvalue weighted by Crippen LogP contribution is -2.48. The molecule has 76 valence electrons. The van der Waals surface area contributed by atoms with Gasteiger partial charge in [-0.05, 0) is 35.2 Å². The zero-order valence-electron chi connectivity index (χ0n) is 7.86. The van der Waals surface area contributed by atoms with Crippen molar-refractivity contribution in [2.24, 2.45) is 0 Å². The van der Waals surface area contributed by atoms with Gasteiger partial charge in [-0.15, -0.1) is 0 Å². The molecule has 0 spiro atoms. The Morgan fingerprint density at radius 2 is 2.43 bits per heavy atom. The average Bonchev–Trinajstić information content (AvgIpc) is 2.50. The molecule has 0 aliphatic heterocycles. The minimum atomic E-state index is -0.541. The van der Waals surface area contributed by atoms with E-state index in [0.29, 0.717) is 0 Å². The molecule has 1 aliphatic carbocycles. The summed E-state index contributed by atoms with van der Waals surface area (Å²) in [6.45, 7) is 0. The third-order valence-corrected chi connectivity index (χ3v) is 3.15. The van der Waals surface area contributed by atoms with Crippen LogP contribution in [0, 0.1) is 0 Å². The van der Waals surface area contributed by atoms with Crippen LogP contribution in [0.2, 0.25) is 0 Å². The van der Waals surface area contributed by atoms with Gasteiger partial charge in [0, 0.05) is 6.20 Å². The molecule has 0 unspecified atom stereocenters. The van der Waals surface area contributed by atoms with Crippen molar-refractivity contribution in [1.82, 2.24) is 9.78 Å². The van der Waals surface area contributed by atoms with Crippen molar-refractivity contribution >= 4 is 21.9 Å². The number of hydrogen-bond donors (Lipinski definition) is 0. The fourth-order valence-corrected chi connectivity index (χ4v) is 2.05. The minimum absolute atomic E-state index is 0.195. The van der Waals surface area contributed by atoms with Crippen LogP contribution in [0.5, 0.6) is 0 Å². The molecule has 2 rings (SSSR count). The molecule has 1 aromatic rings. The van der Waals surface area contributed by atoms with Gasteiger partial charge in [-0.3, -0.25) is 4.68 Å². The average molecular weight is 259 g/mol. The van der Waals surface area contributed by atoms with Crippen LogP contribution in [0.1, 0.15) is 19.3 Å². The number of nitrogens with zero attached hydrogens (tertiary/aromatic N) is 2. The van der Waals surface area contributed by atoms with Crippen LogP contribution in [0.15, 0.2) is 16.9 Å². The van der Waals surface area contributed by atoms with E-state index in [2.05, 4.69) is 21.0 Å². The highest BCUT2D eigenvalue weighted by molar-refractivity contribution is 9.10. The molecule has 4 nitrogen and oxygen atoms in total. The molecule has 5 heteroatoms. The first-order chi connectivity index (χ1) is 6.69. The van der Waals surface area contributed by atoms with Crippen LogP contribution in [-0.4, -0.2) is 22.9 Å². The van der Waals surface area contributed by atoms with E-state index in [-0.39, 0.29) is 5.97 Å². The summed E-state index contributed by atoms with van der Waals surface area (Å²) in [5, 5.41) is 4.15. The Bertz CT molecular complexity index is 357. The summed E-state index contributed by atoms with van der Waals surface area (Å²) in [6.07, 6.45) is 6.17. The standard InChI is InChI=1S/C9H11BrN2O2/c1-14-8(13)9(3-2-4-9)12-6-7(10)5-11-12/h5-6H,2-4H2,1H3. The lowest BCUT2D eigenvalue weighted by atomic mass is 9.77. The first kappa shape index (κ1) is 9.71. The summed E-state index contributed by atoms with van der Waals surface area (Å²) in [6, 6.07) is 0. The van der Waals surface area contributed by atoms with E-state index in [1.165, 1.54) is 7.11 Å². The van der Waals surface area contributed by atoms with Gasteiger partial charge in [0.05, 0.1) is 17.8 Å². The Kier molecular flexibility index (Phi) is 2.34. The molecular formula is C9H11BrN2O2. The number of aromatic nitrogens is 2. The zero-order valence-corrected chi connectivity index (χ0v) is 9.45. The van der Waals surface area contributed by atoms with Gasteiger partial charge in [-0.25, -0.2) is 4.79 Å². The van der Waals surface area contributed by atoms with E-state index in [1.807, 2.05) is 6.20 Å². The van der Waals surface area contributed by atoms with E-state index in [0.717, 1.165) is 23.7 Å². The molecule has 14 heavy (non-hydrogen) atoms. The number of rotatable bonds is 2. The molecule has 0 radical (unpaired) electrons. The van der Waals surface area contributed by atoms with E-state index < -0.39 is 5.54 Å². The maximum absolute atomic E-state index is 11.6. The predicted molar refractivity (Wildman–Crippen MR) is 53.8 cm³/mol. The highest BCUT2D eigenvalue weighted by atomic mass is 79.9. The Hall–Kier alpha value is -0.840. The monoisotopic (exact) mass is 258 g/mol. The van der Waals surface area contributed by atoms with Crippen LogP contribution in [0.25, 0.3) is 0 Å². The first-order valence-electron chi connectivity index (χ1n) is 4.48. The lowest BCUT2D eigenvalue weighted by Gasteiger charge is -2.38. The number of methoxy groups -OCH3 is 1. The summed E-state index contributed by atoms with van der Waals surface area (Å²) in [5.74, 6) is -0.195. The number of hydrogen-bond acceptors (Lipinski definition) is 3. The largest absolute Gasteiger partial charge is 0.467 e. The number of ether oxygens (including phenoxy) is 1. The molecule has 1 heterocycles. The molecule has 1 fully saturated rings. The lowest BCUT2D eigenvalue weighted by molar-refractivity contribution is -0.157. The van der Waals surface area contributed by atoms with Crippen LogP contribution < -0.4 is 0 Å². The van der Waals surface area contributed by atoms with Crippen LogP contribution in [-0.2, 0) is 15.1 Å². The Morgan fingerprint density at radius 3 is 2.79 bits per heavy atom. The maximum atomic E-state index is 11.6. The fourth-order valence-electron chi connectivity index (χ4n) is 1.76. The second kappa shape index (κ2) is 3.38. The van der Waals surface area contributed by atoms with E-state index in [4.69, 9.17) is 4.74 Å². The highest BCUT2D eigenvalue weighted by Crippen LogP contribution is 2.40. The molecule has 0 saturated heterocycles. The molecule has 1 aromatic heterocycles. The molecule has 0 N–H and O–H groups in total. The van der Waals surface area contributed by atoms with Crippen LogP contribution in [0.3, 0.4) is 0 Å². The summed E-state index contributed by atoms with van der Waals surface area (Å²) in [4.78, 5) is 11.6. The number of carbonyl (C=O) groups is 1. The summed E-state index contributed by atoms with van der Waals surface area (Å²) in [7, 11) is 1.42. The van der Waals surface area contributed by atoms with Gasteiger partial charge in [0.25, 0.3) is 0 Å². The van der Waals surface area contributed by atoms with E-state index in [9.17, 15) is 4.79 Å². The second-order valence-corrected chi connectivity index (χ2v) is 4.40. The van der Waals surface area contributed by atoms with Gasteiger partial charge in [0.1, 0.15) is 0 Å². The molecule has 0 bridgehead atoms. The van der Waals surface area contributed by atoms with Gasteiger partial charge in [0.2, 0.25) is 0 Å². The molecular weight excluding hydrogens is 248 g/mol. The van der Waals surface area contributed by atoms with Crippen molar-refractivity contribution in [2.45, 2.75) is 24.8 Å². The van der Waals surface area contributed by atoms with Gasteiger partial charge in [-0.1, -0.05) is 0 Å². The van der Waals surface area contributed by atoms with Crippen molar-refractivity contribution in [3.63, 3.8) is 0 Å². The number of carbonyl (C=O) groups excluding carboxylic acids is 1. The van der Waals surface area contributed by atoms with Crippen molar-refractivity contribution in [3.8, 4) is 0 Å². The third kappa shape index (κ3) is 1.27. The van der Waals surface area contributed by atoms with Gasteiger partial charge in [0.15, 0.2) is 5.54 Å². The Morgan fingerprint density at radius 1 is 1.71 bits per heavy atom. The SMILES string of the molecule is COC(=O)C1(n2cc(Br)cn2)CCC1. The Labute approximate surface area is 90.4 Å². The van der Waals surface area contributed by atoms with Crippen molar-refractivity contribution in [2.75, 3.05) is 7.11 Å². The number of halogens is 1. The number of esters is 1. The maximum Gasteiger partial charge on any atom is 0.333 e. The third-order valence-electron chi connectivity index (χ3n) is 2.74. The summed E-state index contributed by atoms with van der Waals surface area (Å²) < 4.78 is 7.39. The fraction of sp³-hybridized carbons (Fsp3) is 0.556. The predicted octanol–water partition coefficient (Wildman–Crippen LogP) is 1.70. The first-order valence-corrected chi connectivity index (χ1v) is 5.27. The Balaban J connectivity index is 2.33.